The van der Waals surface area contributed by atoms with Crippen molar-refractivity contribution in [1.82, 2.24) is 19.9 Å². The van der Waals surface area contributed by atoms with E-state index in [0.717, 1.165) is 37.3 Å². The third-order valence-electron chi connectivity index (χ3n) is 7.15. The molecule has 1 aromatic carbocycles. The quantitative estimate of drug-likeness (QED) is 0.429. The minimum Gasteiger partial charge on any atom is -0.353 e. The average Bonchev–Trinajstić information content (AvgIpc) is 2.91. The summed E-state index contributed by atoms with van der Waals surface area (Å²) in [6.45, 7) is 3.30. The number of aromatic nitrogens is 4. The first-order valence-corrected chi connectivity index (χ1v) is 13.0. The van der Waals surface area contributed by atoms with Gasteiger partial charge < -0.3 is 15.1 Å². The van der Waals surface area contributed by atoms with Crippen LogP contribution in [0.2, 0.25) is 0 Å². The maximum Gasteiger partial charge on any atom is 0.419 e. The van der Waals surface area contributed by atoms with Gasteiger partial charge in [0.05, 0.1) is 5.56 Å². The molecule has 0 unspecified atom stereocenters. The van der Waals surface area contributed by atoms with Crippen molar-refractivity contribution in [1.29, 1.82) is 0 Å². The number of piperazine rings is 1. The first-order chi connectivity index (χ1) is 18.3. The Labute approximate surface area is 219 Å². The van der Waals surface area contributed by atoms with Crippen molar-refractivity contribution < 1.29 is 17.6 Å². The summed E-state index contributed by atoms with van der Waals surface area (Å²) in [4.78, 5) is 21.7. The maximum atomic E-state index is 13.8. The molecule has 1 aliphatic carbocycles. The van der Waals surface area contributed by atoms with Gasteiger partial charge in [0.25, 0.3) is 0 Å². The lowest BCUT2D eigenvalue weighted by atomic mass is 9.96. The fourth-order valence-electron chi connectivity index (χ4n) is 5.11. The van der Waals surface area contributed by atoms with Gasteiger partial charge in [-0.15, -0.1) is 0 Å². The van der Waals surface area contributed by atoms with Crippen LogP contribution in [0.25, 0.3) is 0 Å². The second-order valence-corrected chi connectivity index (χ2v) is 9.96. The maximum absolute atomic E-state index is 13.8. The Morgan fingerprint density at radius 1 is 0.947 bits per heavy atom. The zero-order valence-electron chi connectivity index (χ0n) is 21.3. The Bertz CT molecular complexity index is 1250. The standard InChI is InChI=1S/C27H31F4N7/c1-18-16-19(9-10-22(18)28)17-23-34-25(33-20-6-3-2-4-7-20)36-26(35-23)38-14-12-37(13-15-38)24-21(27(29,30)31)8-5-11-32-24/h5,8-11,16,20H,2-4,6-7,12-15,17H2,1H3,(H,33,34,35,36). The summed E-state index contributed by atoms with van der Waals surface area (Å²) in [7, 11) is 0. The summed E-state index contributed by atoms with van der Waals surface area (Å²) in [5, 5.41) is 3.47. The Morgan fingerprint density at radius 3 is 2.39 bits per heavy atom. The van der Waals surface area contributed by atoms with Crippen molar-refractivity contribution in [3.8, 4) is 0 Å². The van der Waals surface area contributed by atoms with Gasteiger partial charge in [-0.2, -0.15) is 28.1 Å². The number of hydrogen-bond donors (Lipinski definition) is 1. The number of rotatable bonds is 6. The van der Waals surface area contributed by atoms with E-state index in [9.17, 15) is 17.6 Å². The monoisotopic (exact) mass is 529 g/mol. The second kappa shape index (κ2) is 11.1. The number of nitrogens with one attached hydrogen (secondary N) is 1. The van der Waals surface area contributed by atoms with Gasteiger partial charge >= 0.3 is 6.18 Å². The number of aryl methyl sites for hydroxylation is 1. The van der Waals surface area contributed by atoms with Crippen molar-refractivity contribution in [2.24, 2.45) is 0 Å². The van der Waals surface area contributed by atoms with Crippen LogP contribution < -0.4 is 15.1 Å². The lowest BCUT2D eigenvalue weighted by molar-refractivity contribution is -0.137. The molecule has 1 N–H and O–H groups in total. The summed E-state index contributed by atoms with van der Waals surface area (Å²) in [5.74, 6) is 1.24. The van der Waals surface area contributed by atoms with E-state index in [1.54, 1.807) is 24.0 Å². The van der Waals surface area contributed by atoms with Crippen molar-refractivity contribution in [2.45, 2.75) is 57.7 Å². The third kappa shape index (κ3) is 6.14. The minimum absolute atomic E-state index is 0.0534. The molecule has 2 fully saturated rings. The van der Waals surface area contributed by atoms with Crippen LogP contribution in [0.5, 0.6) is 0 Å². The highest BCUT2D eigenvalue weighted by Crippen LogP contribution is 2.35. The highest BCUT2D eigenvalue weighted by molar-refractivity contribution is 5.50. The van der Waals surface area contributed by atoms with E-state index in [1.165, 1.54) is 24.8 Å². The zero-order chi connectivity index (χ0) is 26.7. The largest absolute Gasteiger partial charge is 0.419 e. The number of alkyl halides is 3. The Balaban J connectivity index is 1.36. The van der Waals surface area contributed by atoms with Gasteiger partial charge in [-0.3, -0.25) is 0 Å². The van der Waals surface area contributed by atoms with Crippen LogP contribution in [0.4, 0.5) is 35.3 Å². The molecule has 0 bridgehead atoms. The summed E-state index contributed by atoms with van der Waals surface area (Å²) in [6.07, 6.45) is 2.98. The van der Waals surface area contributed by atoms with Gasteiger partial charge in [0.15, 0.2) is 0 Å². The number of halogens is 4. The Kier molecular flexibility index (Phi) is 7.62. The number of hydrogen-bond acceptors (Lipinski definition) is 7. The molecule has 1 saturated carbocycles. The average molecular weight is 530 g/mol. The molecular weight excluding hydrogens is 498 g/mol. The normalized spacial score (nSPS) is 17.1. The number of pyridine rings is 1. The summed E-state index contributed by atoms with van der Waals surface area (Å²) < 4.78 is 54.3. The number of benzene rings is 1. The number of nitrogens with zero attached hydrogens (tertiary/aromatic N) is 6. The first-order valence-electron chi connectivity index (χ1n) is 13.0. The molecule has 202 valence electrons. The highest BCUT2D eigenvalue weighted by atomic mass is 19.4. The van der Waals surface area contributed by atoms with Gasteiger partial charge in [0, 0.05) is 44.8 Å². The molecule has 11 heteroatoms. The van der Waals surface area contributed by atoms with Gasteiger partial charge in [0.2, 0.25) is 11.9 Å². The van der Waals surface area contributed by atoms with Crippen LogP contribution in [-0.4, -0.2) is 52.2 Å². The number of anilines is 3. The van der Waals surface area contributed by atoms with E-state index in [4.69, 9.17) is 9.97 Å². The van der Waals surface area contributed by atoms with Crippen molar-refractivity contribution >= 4 is 17.7 Å². The molecule has 3 heterocycles. The molecule has 5 rings (SSSR count). The lowest BCUT2D eigenvalue weighted by Crippen LogP contribution is -2.48. The summed E-state index contributed by atoms with van der Waals surface area (Å²) in [6, 6.07) is 7.62. The predicted molar refractivity (Wildman–Crippen MR) is 138 cm³/mol. The molecule has 7 nitrogen and oxygen atoms in total. The molecule has 0 atom stereocenters. The van der Waals surface area contributed by atoms with Gasteiger partial charge in [0.1, 0.15) is 17.5 Å². The third-order valence-corrected chi connectivity index (χ3v) is 7.15. The topological polar surface area (TPSA) is 70.1 Å². The van der Waals surface area contributed by atoms with Crippen molar-refractivity contribution in [3.63, 3.8) is 0 Å². The smallest absolute Gasteiger partial charge is 0.353 e. The van der Waals surface area contributed by atoms with Crippen molar-refractivity contribution in [2.75, 3.05) is 41.3 Å². The molecular formula is C27H31F4N7. The van der Waals surface area contributed by atoms with E-state index < -0.39 is 11.7 Å². The second-order valence-electron chi connectivity index (χ2n) is 9.96. The van der Waals surface area contributed by atoms with E-state index in [1.807, 2.05) is 4.90 Å². The molecule has 1 aliphatic heterocycles. The van der Waals surface area contributed by atoms with Crippen molar-refractivity contribution in [3.05, 3.63) is 64.9 Å². The lowest BCUT2D eigenvalue weighted by Gasteiger charge is -2.36. The fraction of sp³-hybridized carbons (Fsp3) is 0.481. The first kappa shape index (κ1) is 26.1. The van der Waals surface area contributed by atoms with Gasteiger partial charge in [-0.05, 0) is 49.1 Å². The summed E-state index contributed by atoms with van der Waals surface area (Å²) >= 11 is 0. The van der Waals surface area contributed by atoms with Crippen LogP contribution in [0.3, 0.4) is 0 Å². The van der Waals surface area contributed by atoms with E-state index in [2.05, 4.69) is 15.3 Å². The summed E-state index contributed by atoms with van der Waals surface area (Å²) in [5.41, 5.74) is 0.718. The van der Waals surface area contributed by atoms with E-state index in [-0.39, 0.29) is 11.6 Å². The Hall–Kier alpha value is -3.50. The zero-order valence-corrected chi connectivity index (χ0v) is 21.3. The molecule has 1 saturated heterocycles. The molecule has 0 radical (unpaired) electrons. The molecule has 0 spiro atoms. The minimum atomic E-state index is -4.47. The van der Waals surface area contributed by atoms with Crippen LogP contribution in [0.15, 0.2) is 36.5 Å². The van der Waals surface area contributed by atoms with Crippen LogP contribution in [-0.2, 0) is 12.6 Å². The van der Waals surface area contributed by atoms with E-state index in [0.29, 0.717) is 61.9 Å². The van der Waals surface area contributed by atoms with E-state index >= 15 is 0 Å². The molecule has 0 amide bonds. The van der Waals surface area contributed by atoms with Crippen LogP contribution in [0.1, 0.15) is 54.6 Å². The molecule has 38 heavy (non-hydrogen) atoms. The van der Waals surface area contributed by atoms with Gasteiger partial charge in [-0.25, -0.2) is 9.37 Å². The van der Waals surface area contributed by atoms with Crippen LogP contribution >= 0.6 is 0 Å². The fourth-order valence-corrected chi connectivity index (χ4v) is 5.11. The molecule has 2 aliphatic rings. The SMILES string of the molecule is Cc1cc(Cc2nc(NC3CCCCC3)nc(N3CCN(c4ncccc4C(F)(F)F)CC3)n2)ccc1F. The van der Waals surface area contributed by atoms with Crippen LogP contribution in [0, 0.1) is 12.7 Å². The predicted octanol–water partition coefficient (Wildman–Crippen LogP) is 5.39. The highest BCUT2D eigenvalue weighted by Gasteiger charge is 2.36. The van der Waals surface area contributed by atoms with Gasteiger partial charge in [-0.1, -0.05) is 31.4 Å². The molecule has 2 aromatic heterocycles. The molecule has 3 aromatic rings. The Morgan fingerprint density at radius 2 is 1.68 bits per heavy atom.